The lowest BCUT2D eigenvalue weighted by Crippen LogP contribution is -2.21. The quantitative estimate of drug-likeness (QED) is 0.415. The van der Waals surface area contributed by atoms with Crippen LogP contribution in [0, 0.1) is 0 Å². The second-order valence-corrected chi connectivity index (χ2v) is 5.97. The highest BCUT2D eigenvalue weighted by Crippen LogP contribution is 2.23. The molecule has 8 heteroatoms. The molecule has 2 aromatic carbocycles. The molecule has 0 aliphatic carbocycles. The minimum Gasteiger partial charge on any atom is -0.545 e. The summed E-state index contributed by atoms with van der Waals surface area (Å²) in [4.78, 5) is 18.4. The number of H-pyrrole nitrogens is 1. The van der Waals surface area contributed by atoms with Gasteiger partial charge in [-0.25, -0.2) is 5.43 Å². The van der Waals surface area contributed by atoms with Crippen molar-refractivity contribution in [1.82, 2.24) is 20.2 Å². The third-order valence-electron chi connectivity index (χ3n) is 4.21. The number of carboxylic acids is 1. The largest absolute Gasteiger partial charge is 0.545 e. The van der Waals surface area contributed by atoms with Crippen LogP contribution >= 0.6 is 0 Å². The molecular formula is C19H15N6O2-. The van der Waals surface area contributed by atoms with Crippen molar-refractivity contribution in [3.05, 3.63) is 59.2 Å². The number of anilines is 1. The maximum atomic E-state index is 10.7. The number of nitrogens with one attached hydrogen (secondary N) is 2. The van der Waals surface area contributed by atoms with Gasteiger partial charge in [0.25, 0.3) is 5.95 Å². The molecule has 0 atom stereocenters. The minimum atomic E-state index is -1.21. The number of benzene rings is 2. The summed E-state index contributed by atoms with van der Waals surface area (Å²) in [5.74, 6) is -0.957. The van der Waals surface area contributed by atoms with Gasteiger partial charge in [-0.15, -0.1) is 10.2 Å². The molecule has 2 N–H and O–H groups in total. The summed E-state index contributed by atoms with van der Waals surface area (Å²) in [6, 6.07) is 12.3. The van der Waals surface area contributed by atoms with Gasteiger partial charge in [-0.3, -0.25) is 0 Å². The normalized spacial score (nSPS) is 11.4. The molecule has 0 aliphatic heterocycles. The van der Waals surface area contributed by atoms with Gasteiger partial charge < -0.3 is 14.9 Å². The molecule has 0 fully saturated rings. The first-order valence-corrected chi connectivity index (χ1v) is 8.39. The Labute approximate surface area is 154 Å². The number of aromatic nitrogens is 4. The van der Waals surface area contributed by atoms with Crippen LogP contribution in [0.2, 0.25) is 0 Å². The van der Waals surface area contributed by atoms with E-state index in [2.05, 4.69) is 49.7 Å². The molecule has 0 radical (unpaired) electrons. The van der Waals surface area contributed by atoms with Gasteiger partial charge in [0.1, 0.15) is 5.52 Å². The Kier molecular flexibility index (Phi) is 4.21. The summed E-state index contributed by atoms with van der Waals surface area (Å²) in [7, 11) is 0. The van der Waals surface area contributed by atoms with E-state index in [0.29, 0.717) is 11.2 Å². The van der Waals surface area contributed by atoms with E-state index in [9.17, 15) is 9.90 Å². The van der Waals surface area contributed by atoms with Crippen molar-refractivity contribution in [3.63, 3.8) is 0 Å². The molecule has 0 aliphatic rings. The number of carbonyl (C=O) groups is 1. The Hall–Kier alpha value is -3.81. The van der Waals surface area contributed by atoms with Gasteiger partial charge in [0.2, 0.25) is 0 Å². The van der Waals surface area contributed by atoms with Gasteiger partial charge in [-0.1, -0.05) is 37.3 Å². The Morgan fingerprint density at radius 3 is 2.78 bits per heavy atom. The summed E-state index contributed by atoms with van der Waals surface area (Å²) in [5, 5.41) is 24.1. The number of aromatic carboxylic acids is 1. The lowest BCUT2D eigenvalue weighted by molar-refractivity contribution is -0.255. The number of hydrogen-bond donors (Lipinski definition) is 2. The number of hydrazone groups is 1. The Balaban J connectivity index is 1.55. The number of rotatable bonds is 5. The first-order chi connectivity index (χ1) is 13.1. The molecule has 0 saturated carbocycles. The third kappa shape index (κ3) is 3.32. The molecular weight excluding hydrogens is 344 g/mol. The highest BCUT2D eigenvalue weighted by Gasteiger charge is 2.09. The van der Waals surface area contributed by atoms with Crippen molar-refractivity contribution in [2.24, 2.45) is 5.10 Å². The van der Waals surface area contributed by atoms with Gasteiger partial charge in [0.15, 0.2) is 5.65 Å². The average molecular weight is 359 g/mol. The minimum absolute atomic E-state index is 0.114. The second-order valence-electron chi connectivity index (χ2n) is 5.97. The SMILES string of the molecule is CCc1ccc2[nH]c3nc(N/N=C\c4ccc(C(=O)[O-])cc4)nnc3c2c1. The fraction of sp³-hybridized carbons (Fsp3) is 0.105. The maximum absolute atomic E-state index is 10.7. The number of carboxylic acid groups (broad SMARTS) is 1. The molecule has 2 heterocycles. The summed E-state index contributed by atoms with van der Waals surface area (Å²) >= 11 is 0. The highest BCUT2D eigenvalue weighted by atomic mass is 16.4. The number of fused-ring (bicyclic) bond motifs is 3. The summed E-state index contributed by atoms with van der Waals surface area (Å²) in [6.45, 7) is 2.10. The van der Waals surface area contributed by atoms with Crippen LogP contribution in [-0.4, -0.2) is 32.3 Å². The van der Waals surface area contributed by atoms with Gasteiger partial charge in [-0.05, 0) is 35.2 Å². The van der Waals surface area contributed by atoms with E-state index in [-0.39, 0.29) is 11.5 Å². The second kappa shape index (κ2) is 6.83. The molecule has 0 unspecified atom stereocenters. The number of nitrogens with zero attached hydrogens (tertiary/aromatic N) is 4. The predicted octanol–water partition coefficient (Wildman–Crippen LogP) is 1.88. The average Bonchev–Trinajstić information content (AvgIpc) is 3.05. The number of hydrogen-bond acceptors (Lipinski definition) is 7. The van der Waals surface area contributed by atoms with Crippen LogP contribution in [0.15, 0.2) is 47.6 Å². The van der Waals surface area contributed by atoms with Gasteiger partial charge in [0, 0.05) is 10.9 Å². The first-order valence-electron chi connectivity index (χ1n) is 8.39. The third-order valence-corrected chi connectivity index (χ3v) is 4.21. The van der Waals surface area contributed by atoms with E-state index in [1.54, 1.807) is 12.1 Å². The van der Waals surface area contributed by atoms with E-state index in [4.69, 9.17) is 0 Å². The number of aromatic amines is 1. The van der Waals surface area contributed by atoms with Crippen molar-refractivity contribution < 1.29 is 9.90 Å². The molecule has 4 aromatic rings. The maximum Gasteiger partial charge on any atom is 0.265 e. The first kappa shape index (κ1) is 16.6. The van der Waals surface area contributed by atoms with E-state index in [1.165, 1.54) is 23.9 Å². The summed E-state index contributed by atoms with van der Waals surface area (Å²) < 4.78 is 0. The molecule has 0 bridgehead atoms. The number of carbonyl (C=O) groups excluding carboxylic acids is 1. The predicted molar refractivity (Wildman–Crippen MR) is 101 cm³/mol. The zero-order chi connectivity index (χ0) is 18.8. The highest BCUT2D eigenvalue weighted by molar-refractivity contribution is 6.03. The van der Waals surface area contributed by atoms with E-state index in [1.807, 2.05) is 6.07 Å². The zero-order valence-electron chi connectivity index (χ0n) is 14.4. The summed E-state index contributed by atoms with van der Waals surface area (Å²) in [5.41, 5.74) is 7.09. The van der Waals surface area contributed by atoms with Gasteiger partial charge >= 0.3 is 0 Å². The Bertz CT molecular complexity index is 1160. The molecule has 4 rings (SSSR count). The fourth-order valence-corrected chi connectivity index (χ4v) is 2.76. The van der Waals surface area contributed by atoms with Crippen molar-refractivity contribution in [2.75, 3.05) is 5.43 Å². The molecule has 0 spiro atoms. The van der Waals surface area contributed by atoms with E-state index in [0.717, 1.165) is 22.9 Å². The van der Waals surface area contributed by atoms with Crippen molar-refractivity contribution in [2.45, 2.75) is 13.3 Å². The monoisotopic (exact) mass is 359 g/mol. The van der Waals surface area contributed by atoms with Crippen LogP contribution in [0.25, 0.3) is 22.1 Å². The molecule has 27 heavy (non-hydrogen) atoms. The molecule has 8 nitrogen and oxygen atoms in total. The molecule has 2 aromatic heterocycles. The fourth-order valence-electron chi connectivity index (χ4n) is 2.76. The Morgan fingerprint density at radius 2 is 2.04 bits per heavy atom. The molecule has 0 amide bonds. The molecule has 0 saturated heterocycles. The van der Waals surface area contributed by atoms with Crippen molar-refractivity contribution in [1.29, 1.82) is 0 Å². The van der Waals surface area contributed by atoms with Crippen molar-refractivity contribution >= 4 is 40.2 Å². The smallest absolute Gasteiger partial charge is 0.265 e. The van der Waals surface area contributed by atoms with Crippen LogP contribution < -0.4 is 10.5 Å². The van der Waals surface area contributed by atoms with Crippen LogP contribution in [0.3, 0.4) is 0 Å². The van der Waals surface area contributed by atoms with Gasteiger partial charge in [-0.2, -0.15) is 10.1 Å². The van der Waals surface area contributed by atoms with E-state index < -0.39 is 5.97 Å². The van der Waals surface area contributed by atoms with Gasteiger partial charge in [0.05, 0.1) is 12.2 Å². The summed E-state index contributed by atoms with van der Waals surface area (Å²) in [6.07, 6.45) is 2.48. The van der Waals surface area contributed by atoms with Crippen LogP contribution in [0.5, 0.6) is 0 Å². The van der Waals surface area contributed by atoms with Crippen molar-refractivity contribution in [3.8, 4) is 0 Å². The Morgan fingerprint density at radius 1 is 1.22 bits per heavy atom. The lowest BCUT2D eigenvalue weighted by atomic mass is 10.1. The van der Waals surface area contributed by atoms with E-state index >= 15 is 0 Å². The van der Waals surface area contributed by atoms with Crippen LogP contribution in [0.4, 0.5) is 5.95 Å². The zero-order valence-corrected chi connectivity index (χ0v) is 14.4. The lowest BCUT2D eigenvalue weighted by Gasteiger charge is -2.01. The number of aryl methyl sites for hydroxylation is 1. The van der Waals surface area contributed by atoms with Crippen LogP contribution in [-0.2, 0) is 6.42 Å². The topological polar surface area (TPSA) is 119 Å². The standard InChI is InChI=1S/C19H16N6O2/c1-2-11-5-8-15-14(9-11)16-17(21-15)22-19(25-23-16)24-20-10-12-3-6-13(7-4-12)18(26)27/h3-10H,2H2,1H3,(H,26,27)(H2,21,22,24,25)/p-1/b20-10-. The van der Waals surface area contributed by atoms with Crippen LogP contribution in [0.1, 0.15) is 28.4 Å². The molecule has 134 valence electrons.